The van der Waals surface area contributed by atoms with Crippen molar-refractivity contribution in [2.75, 3.05) is 37.9 Å². The van der Waals surface area contributed by atoms with Crippen LogP contribution in [-0.4, -0.2) is 81.8 Å². The number of hydrogen-bond donors (Lipinski definition) is 3. The molecule has 1 aromatic carbocycles. The lowest BCUT2D eigenvalue weighted by atomic mass is 9.97. The normalized spacial score (nSPS) is 24.4. The minimum absolute atomic E-state index is 0.0768. The Bertz CT molecular complexity index is 1490. The second-order valence-electron chi connectivity index (χ2n) is 9.31. The molecule has 1 fully saturated rings. The lowest BCUT2D eigenvalue weighted by Gasteiger charge is -2.27. The van der Waals surface area contributed by atoms with E-state index in [0.717, 1.165) is 0 Å². The highest BCUT2D eigenvalue weighted by Crippen LogP contribution is 2.48. The summed E-state index contributed by atoms with van der Waals surface area (Å²) in [4.78, 5) is 26.6. The first-order valence-electron chi connectivity index (χ1n) is 12.5. The summed E-state index contributed by atoms with van der Waals surface area (Å²) in [5.74, 6) is 2.14. The van der Waals surface area contributed by atoms with Gasteiger partial charge in [-0.2, -0.15) is 9.97 Å². The second kappa shape index (κ2) is 12.2. The highest BCUT2D eigenvalue weighted by atomic mass is 32.5. The van der Waals surface area contributed by atoms with E-state index >= 15 is 4.39 Å². The third-order valence-electron chi connectivity index (χ3n) is 6.13. The van der Waals surface area contributed by atoms with Gasteiger partial charge in [-0.15, -0.1) is 6.42 Å². The van der Waals surface area contributed by atoms with Crippen molar-refractivity contribution in [3.63, 3.8) is 0 Å². The fraction of sp³-hybridized carbons (Fsp3) is 0.440. The third kappa shape index (κ3) is 6.28. The van der Waals surface area contributed by atoms with Gasteiger partial charge in [-0.1, -0.05) is 24.1 Å². The number of halogens is 1. The van der Waals surface area contributed by atoms with Gasteiger partial charge in [0.05, 0.1) is 19.5 Å². The van der Waals surface area contributed by atoms with Crippen molar-refractivity contribution in [1.82, 2.24) is 24.6 Å². The van der Waals surface area contributed by atoms with Crippen molar-refractivity contribution in [2.24, 2.45) is 0 Å². The molecule has 0 aliphatic carbocycles. The number of alkyl halides is 1. The number of rotatable bonds is 11. The van der Waals surface area contributed by atoms with Crippen LogP contribution < -0.4 is 20.2 Å². The monoisotopic (exact) mass is 607 g/mol. The summed E-state index contributed by atoms with van der Waals surface area (Å²) >= 11 is 5.67. The number of benzene rings is 1. The van der Waals surface area contributed by atoms with E-state index in [9.17, 15) is 9.90 Å². The smallest absolute Gasteiger partial charge is 0.323 e. The highest BCUT2D eigenvalue weighted by molar-refractivity contribution is 8.09. The first-order chi connectivity index (χ1) is 19.4. The average Bonchev–Trinajstić information content (AvgIpc) is 3.45. The Morgan fingerprint density at radius 3 is 2.76 bits per heavy atom. The number of aliphatic hydroxyl groups excluding tert-OH is 1. The molecule has 220 valence electrons. The fourth-order valence-electron chi connectivity index (χ4n) is 4.15. The van der Waals surface area contributed by atoms with Crippen molar-refractivity contribution in [3.05, 3.63) is 36.7 Å². The number of nitrogens with one attached hydrogen (secondary N) is 1. The lowest BCUT2D eigenvalue weighted by molar-refractivity contribution is -0.144. The zero-order valence-electron chi connectivity index (χ0n) is 22.8. The van der Waals surface area contributed by atoms with Crippen molar-refractivity contribution < 1.29 is 32.8 Å². The Hall–Kier alpha value is -3.38. The van der Waals surface area contributed by atoms with E-state index in [0.29, 0.717) is 17.1 Å². The van der Waals surface area contributed by atoms with Gasteiger partial charge in [0.15, 0.2) is 23.2 Å². The molecule has 1 aliphatic rings. The first-order valence-corrected chi connectivity index (χ1v) is 15.2. The van der Waals surface area contributed by atoms with Crippen LogP contribution in [0.1, 0.15) is 20.1 Å². The molecule has 0 saturated carbocycles. The van der Waals surface area contributed by atoms with Crippen molar-refractivity contribution >= 4 is 47.3 Å². The van der Waals surface area contributed by atoms with Crippen molar-refractivity contribution in [3.8, 4) is 18.1 Å². The molecular weight excluding hydrogens is 576 g/mol. The number of aromatic nitrogens is 4. The van der Waals surface area contributed by atoms with Gasteiger partial charge in [-0.3, -0.25) is 9.36 Å². The fourth-order valence-corrected chi connectivity index (χ4v) is 6.57. The molecule has 0 spiro atoms. The predicted molar refractivity (Wildman–Crippen MR) is 153 cm³/mol. The molecule has 1 saturated heterocycles. The second-order valence-corrected chi connectivity index (χ2v) is 12.4. The van der Waals surface area contributed by atoms with Gasteiger partial charge in [-0.25, -0.2) is 14.5 Å². The maximum Gasteiger partial charge on any atom is 0.323 e. The van der Waals surface area contributed by atoms with Crippen LogP contribution in [0.2, 0.25) is 0 Å². The van der Waals surface area contributed by atoms with Gasteiger partial charge in [0.25, 0.3) is 0 Å². The van der Waals surface area contributed by atoms with Crippen LogP contribution in [0, 0.1) is 12.3 Å². The topological polar surface area (TPSA) is 159 Å². The number of esters is 1. The minimum atomic E-state index is -3.49. The minimum Gasteiger partial charge on any atom is -0.465 e. The number of nitrogen functional groups attached to an aromatic ring is 1. The maximum absolute atomic E-state index is 16.2. The largest absolute Gasteiger partial charge is 0.465 e. The van der Waals surface area contributed by atoms with Gasteiger partial charge in [0, 0.05) is 14.1 Å². The van der Waals surface area contributed by atoms with E-state index in [2.05, 4.69) is 20.0 Å². The summed E-state index contributed by atoms with van der Waals surface area (Å²) in [7, 11) is 3.48. The van der Waals surface area contributed by atoms with E-state index in [1.807, 2.05) is 5.92 Å². The molecule has 3 heterocycles. The molecule has 0 amide bonds. The van der Waals surface area contributed by atoms with Gasteiger partial charge in [0.1, 0.15) is 24.0 Å². The molecule has 3 aromatic rings. The summed E-state index contributed by atoms with van der Waals surface area (Å²) in [6.07, 6.45) is 2.16. The lowest BCUT2D eigenvalue weighted by Crippen LogP contribution is -2.42. The van der Waals surface area contributed by atoms with E-state index in [1.165, 1.54) is 10.9 Å². The number of anilines is 2. The Morgan fingerprint density at radius 1 is 1.41 bits per heavy atom. The molecule has 4 N–H and O–H groups in total. The summed E-state index contributed by atoms with van der Waals surface area (Å²) in [5.41, 5.74) is 3.65. The maximum atomic E-state index is 16.2. The van der Waals surface area contributed by atoms with Crippen LogP contribution in [0.5, 0.6) is 5.75 Å². The molecule has 1 aliphatic heterocycles. The number of nitrogens with zero attached hydrogens (tertiary/aromatic N) is 5. The average molecular weight is 608 g/mol. The summed E-state index contributed by atoms with van der Waals surface area (Å²) in [6, 6.07) is 7.67. The number of nitrogens with two attached hydrogens (primary N) is 1. The molecule has 0 unspecified atom stereocenters. The van der Waals surface area contributed by atoms with Crippen LogP contribution in [0.15, 0.2) is 36.7 Å². The van der Waals surface area contributed by atoms with E-state index in [-0.39, 0.29) is 18.2 Å². The number of carbonyl (C=O) groups excluding carboxylic acids is 1. The Morgan fingerprint density at radius 2 is 2.12 bits per heavy atom. The van der Waals surface area contributed by atoms with Gasteiger partial charge < -0.3 is 34.3 Å². The molecular formula is C25H31FN7O6PS. The number of ether oxygens (including phenoxy) is 2. The number of imidazole rings is 1. The molecule has 6 atom stereocenters. The number of fused-ring (bicyclic) bond motifs is 1. The van der Waals surface area contributed by atoms with E-state index in [4.69, 9.17) is 42.5 Å². The zero-order chi connectivity index (χ0) is 29.9. The SMILES string of the molecule is C#C[C@@]1(F)[C@H](O)[C@@H](CO[P@@](=S)(N[C@@H](C)C(=O)OCC)Oc2ccccc2)O[C@H]1n1cnc2c(N(C)C)nc(N)nc21. The van der Waals surface area contributed by atoms with Gasteiger partial charge >= 0.3 is 12.6 Å². The first kappa shape index (κ1) is 30.6. The number of hydrogen-bond acceptors (Lipinski definition) is 12. The number of aliphatic hydroxyl groups is 1. The Balaban J connectivity index is 1.61. The number of terminal acetylenes is 1. The molecule has 41 heavy (non-hydrogen) atoms. The molecule has 16 heteroatoms. The molecule has 4 rings (SSSR count). The Labute approximate surface area is 241 Å². The molecule has 0 radical (unpaired) electrons. The third-order valence-corrected chi connectivity index (χ3v) is 8.63. The quantitative estimate of drug-likeness (QED) is 0.165. The number of para-hydroxylation sites is 1. The van der Waals surface area contributed by atoms with Crippen LogP contribution >= 0.6 is 6.64 Å². The van der Waals surface area contributed by atoms with Crippen molar-refractivity contribution in [1.29, 1.82) is 0 Å². The summed E-state index contributed by atoms with van der Waals surface area (Å²) < 4.78 is 40.3. The van der Waals surface area contributed by atoms with Crippen LogP contribution in [-0.2, 0) is 30.6 Å². The molecule has 13 nitrogen and oxygen atoms in total. The predicted octanol–water partition coefficient (Wildman–Crippen LogP) is 1.94. The van der Waals surface area contributed by atoms with Gasteiger partial charge in [0.2, 0.25) is 11.6 Å². The Kier molecular flexibility index (Phi) is 9.13. The van der Waals surface area contributed by atoms with Crippen molar-refractivity contribution in [2.45, 2.75) is 44.0 Å². The standard InChI is InChI=1S/C25H31FN7O6PS/c1-6-25(26)19(34)17(38-23(25)33-14-28-18-20(32(4)5)29-24(27)30-21(18)33)13-37-40(41,31-15(3)22(35)36-7-2)39-16-11-9-8-10-12-16/h1,8-12,14-15,17,19,23,34H,7,13H2,2-5H3,(H,31,41)(H2,27,29,30)/t15-,17+,19+,23+,25+,40-/m0/s1. The number of carbonyl (C=O) groups is 1. The van der Waals surface area contributed by atoms with E-state index in [1.54, 1.807) is 63.2 Å². The summed E-state index contributed by atoms with van der Waals surface area (Å²) in [6.45, 7) is -0.554. The van der Waals surface area contributed by atoms with Crippen LogP contribution in [0.25, 0.3) is 11.2 Å². The van der Waals surface area contributed by atoms with Crippen LogP contribution in [0.4, 0.5) is 16.2 Å². The van der Waals surface area contributed by atoms with E-state index < -0.39 is 49.4 Å². The van der Waals surface area contributed by atoms with Crippen LogP contribution in [0.3, 0.4) is 0 Å². The molecule has 0 bridgehead atoms. The van der Waals surface area contributed by atoms with Gasteiger partial charge in [-0.05, 0) is 37.8 Å². The highest BCUT2D eigenvalue weighted by Gasteiger charge is 2.58. The summed E-state index contributed by atoms with van der Waals surface area (Å²) in [5, 5.41) is 13.9. The zero-order valence-corrected chi connectivity index (χ0v) is 24.5. The molecule has 2 aromatic heterocycles.